The van der Waals surface area contributed by atoms with Crippen LogP contribution in [0, 0.1) is 0 Å². The van der Waals surface area contributed by atoms with E-state index in [0.717, 1.165) is 11.3 Å². The van der Waals surface area contributed by atoms with Crippen LogP contribution in [0.1, 0.15) is 0 Å². The first-order chi connectivity index (χ1) is 9.31. The first kappa shape index (κ1) is 11.7. The lowest BCUT2D eigenvalue weighted by Crippen LogP contribution is -2.01. The van der Waals surface area contributed by atoms with Crippen molar-refractivity contribution in [3.8, 4) is 22.8 Å². The predicted molar refractivity (Wildman–Crippen MR) is 73.4 cm³/mol. The molecule has 0 fully saturated rings. The molecular formula is C12H11N5OS. The molecule has 19 heavy (non-hydrogen) atoms. The van der Waals surface area contributed by atoms with Crippen molar-refractivity contribution in [2.75, 3.05) is 12.8 Å². The van der Waals surface area contributed by atoms with Crippen LogP contribution in [0.5, 0.6) is 5.75 Å². The van der Waals surface area contributed by atoms with E-state index < -0.39 is 0 Å². The zero-order valence-electron chi connectivity index (χ0n) is 10.1. The van der Waals surface area contributed by atoms with Crippen LogP contribution in [0.4, 0.5) is 5.69 Å². The van der Waals surface area contributed by atoms with Crippen LogP contribution in [0.15, 0.2) is 35.0 Å². The molecule has 6 nitrogen and oxygen atoms in total. The van der Waals surface area contributed by atoms with Gasteiger partial charge < -0.3 is 10.5 Å². The van der Waals surface area contributed by atoms with Crippen molar-refractivity contribution in [1.82, 2.24) is 20.2 Å². The molecule has 1 aromatic carbocycles. The van der Waals surface area contributed by atoms with Crippen LogP contribution in [0.2, 0.25) is 0 Å². The highest BCUT2D eigenvalue weighted by Gasteiger charge is 2.16. The largest absolute Gasteiger partial charge is 0.494 e. The lowest BCUT2D eigenvalue weighted by Gasteiger charge is -2.10. The molecule has 0 amide bonds. The van der Waals surface area contributed by atoms with E-state index in [1.807, 2.05) is 29.0 Å². The zero-order chi connectivity index (χ0) is 13.2. The lowest BCUT2D eigenvalue weighted by molar-refractivity contribution is 0.418. The molecule has 7 heteroatoms. The monoisotopic (exact) mass is 273 g/mol. The van der Waals surface area contributed by atoms with Crippen molar-refractivity contribution in [2.24, 2.45) is 0 Å². The number of anilines is 1. The molecule has 2 N–H and O–H groups in total. The summed E-state index contributed by atoms with van der Waals surface area (Å²) in [7, 11) is 1.58. The maximum atomic E-state index is 5.91. The number of aromatic nitrogens is 4. The van der Waals surface area contributed by atoms with Gasteiger partial charge in [-0.25, -0.2) is 0 Å². The van der Waals surface area contributed by atoms with Crippen molar-refractivity contribution in [1.29, 1.82) is 0 Å². The van der Waals surface area contributed by atoms with Gasteiger partial charge in [0.2, 0.25) is 0 Å². The SMILES string of the molecule is COc1c(N)cccc1-c1nnnn1-c1ccsc1. The van der Waals surface area contributed by atoms with Gasteiger partial charge in [0.1, 0.15) is 0 Å². The minimum absolute atomic E-state index is 0.555. The maximum Gasteiger partial charge on any atom is 0.190 e. The van der Waals surface area contributed by atoms with E-state index in [9.17, 15) is 0 Å². The van der Waals surface area contributed by atoms with Crippen LogP contribution in [0.25, 0.3) is 17.1 Å². The second kappa shape index (κ2) is 4.69. The molecule has 3 rings (SSSR count). The Bertz CT molecular complexity index is 692. The molecule has 0 unspecified atom stereocenters. The van der Waals surface area contributed by atoms with Gasteiger partial charge in [0.15, 0.2) is 11.6 Å². The number of rotatable bonds is 3. The molecule has 0 aliphatic carbocycles. The van der Waals surface area contributed by atoms with Gasteiger partial charge in [-0.15, -0.1) is 5.10 Å². The fraction of sp³-hybridized carbons (Fsp3) is 0.0833. The van der Waals surface area contributed by atoms with Gasteiger partial charge in [0.05, 0.1) is 24.0 Å². The number of para-hydroxylation sites is 1. The van der Waals surface area contributed by atoms with E-state index in [-0.39, 0.29) is 0 Å². The van der Waals surface area contributed by atoms with Gasteiger partial charge in [-0.3, -0.25) is 0 Å². The number of ether oxygens (including phenoxy) is 1. The van der Waals surface area contributed by atoms with Crippen molar-refractivity contribution in [2.45, 2.75) is 0 Å². The molecule has 0 aliphatic heterocycles. The van der Waals surface area contributed by atoms with Crippen LogP contribution in [0.3, 0.4) is 0 Å². The van der Waals surface area contributed by atoms with E-state index in [1.54, 1.807) is 29.2 Å². The van der Waals surface area contributed by atoms with Gasteiger partial charge in [-0.1, -0.05) is 6.07 Å². The average Bonchev–Trinajstić information content (AvgIpc) is 3.09. The summed E-state index contributed by atoms with van der Waals surface area (Å²) in [6.07, 6.45) is 0. The minimum Gasteiger partial charge on any atom is -0.494 e. The van der Waals surface area contributed by atoms with Gasteiger partial charge in [0, 0.05) is 5.38 Å². The Morgan fingerprint density at radius 1 is 1.32 bits per heavy atom. The molecular weight excluding hydrogens is 262 g/mol. The van der Waals surface area contributed by atoms with Crippen molar-refractivity contribution in [3.63, 3.8) is 0 Å². The van der Waals surface area contributed by atoms with Gasteiger partial charge >= 0.3 is 0 Å². The summed E-state index contributed by atoms with van der Waals surface area (Å²) in [5, 5.41) is 15.7. The first-order valence-corrected chi connectivity index (χ1v) is 6.49. The Morgan fingerprint density at radius 3 is 2.95 bits per heavy atom. The fourth-order valence-electron chi connectivity index (χ4n) is 1.87. The Labute approximate surface area is 113 Å². The summed E-state index contributed by atoms with van der Waals surface area (Å²) in [4.78, 5) is 0. The molecule has 0 radical (unpaired) electrons. The zero-order valence-corrected chi connectivity index (χ0v) is 11.0. The second-order valence-corrected chi connectivity index (χ2v) is 4.60. The Morgan fingerprint density at radius 2 is 2.21 bits per heavy atom. The number of benzene rings is 1. The number of methoxy groups -OCH3 is 1. The summed E-state index contributed by atoms with van der Waals surface area (Å²) in [5.41, 5.74) is 8.14. The van der Waals surface area contributed by atoms with Gasteiger partial charge in [-0.05, 0) is 34.0 Å². The molecule has 3 aromatic rings. The molecule has 0 bridgehead atoms. The average molecular weight is 273 g/mol. The molecule has 0 aliphatic rings. The molecule has 0 saturated heterocycles. The Hall–Kier alpha value is -2.41. The van der Waals surface area contributed by atoms with Gasteiger partial charge in [-0.2, -0.15) is 16.0 Å². The molecule has 0 atom stereocenters. The highest BCUT2D eigenvalue weighted by molar-refractivity contribution is 7.08. The topological polar surface area (TPSA) is 78.8 Å². The molecule has 96 valence electrons. The number of tetrazole rings is 1. The van der Waals surface area contributed by atoms with E-state index in [4.69, 9.17) is 10.5 Å². The number of thiophene rings is 1. The van der Waals surface area contributed by atoms with Crippen LogP contribution in [-0.2, 0) is 0 Å². The van der Waals surface area contributed by atoms with E-state index in [2.05, 4.69) is 15.5 Å². The maximum absolute atomic E-state index is 5.91. The summed E-state index contributed by atoms with van der Waals surface area (Å²) < 4.78 is 7.00. The number of nitrogens with zero attached hydrogens (tertiary/aromatic N) is 4. The summed E-state index contributed by atoms with van der Waals surface area (Å²) >= 11 is 1.58. The third-order valence-electron chi connectivity index (χ3n) is 2.71. The predicted octanol–water partition coefficient (Wildman–Crippen LogP) is 1.98. The third-order valence-corrected chi connectivity index (χ3v) is 3.38. The fourth-order valence-corrected chi connectivity index (χ4v) is 2.48. The summed E-state index contributed by atoms with van der Waals surface area (Å²) in [6.45, 7) is 0. The number of hydrogen-bond donors (Lipinski definition) is 1. The lowest BCUT2D eigenvalue weighted by atomic mass is 10.1. The van der Waals surface area contributed by atoms with E-state index in [0.29, 0.717) is 17.3 Å². The van der Waals surface area contributed by atoms with Crippen LogP contribution in [-0.4, -0.2) is 27.3 Å². The normalized spacial score (nSPS) is 10.6. The highest BCUT2D eigenvalue weighted by atomic mass is 32.1. The Balaban J connectivity index is 2.19. The standard InChI is InChI=1S/C12H11N5OS/c1-18-11-9(3-2-4-10(11)13)12-14-15-16-17(12)8-5-6-19-7-8/h2-7H,13H2,1H3. The quantitative estimate of drug-likeness (QED) is 0.738. The summed E-state index contributed by atoms with van der Waals surface area (Å²) in [6, 6.07) is 7.45. The highest BCUT2D eigenvalue weighted by Crippen LogP contribution is 2.34. The molecule has 2 heterocycles. The number of hydrogen-bond acceptors (Lipinski definition) is 6. The smallest absolute Gasteiger partial charge is 0.190 e. The van der Waals surface area contributed by atoms with Gasteiger partial charge in [0.25, 0.3) is 0 Å². The first-order valence-electron chi connectivity index (χ1n) is 5.55. The molecule has 0 saturated carbocycles. The number of nitrogens with two attached hydrogens (primary N) is 1. The third kappa shape index (κ3) is 1.93. The second-order valence-electron chi connectivity index (χ2n) is 3.82. The van der Waals surface area contributed by atoms with Crippen LogP contribution < -0.4 is 10.5 Å². The molecule has 0 spiro atoms. The van der Waals surface area contributed by atoms with Crippen molar-refractivity contribution in [3.05, 3.63) is 35.0 Å². The number of nitrogen functional groups attached to an aromatic ring is 1. The Kier molecular flexibility index (Phi) is 2.88. The van der Waals surface area contributed by atoms with E-state index >= 15 is 0 Å². The minimum atomic E-state index is 0.555. The van der Waals surface area contributed by atoms with Crippen LogP contribution >= 0.6 is 11.3 Å². The summed E-state index contributed by atoms with van der Waals surface area (Å²) in [5.74, 6) is 1.18. The van der Waals surface area contributed by atoms with Crippen molar-refractivity contribution >= 4 is 17.0 Å². The molecule has 2 aromatic heterocycles. The van der Waals surface area contributed by atoms with E-state index in [1.165, 1.54) is 0 Å². The van der Waals surface area contributed by atoms with Crippen molar-refractivity contribution < 1.29 is 4.74 Å².